The second kappa shape index (κ2) is 9.06. The second-order valence-electron chi connectivity index (χ2n) is 9.41. The molecule has 172 valence electrons. The summed E-state index contributed by atoms with van der Waals surface area (Å²) in [6.07, 6.45) is 12.6. The molecule has 0 spiro atoms. The molecular formula is C26H32N6O. The van der Waals surface area contributed by atoms with Crippen LogP contribution in [0, 0.1) is 6.92 Å². The lowest BCUT2D eigenvalue weighted by molar-refractivity contribution is -0.117. The molecule has 0 aliphatic carbocycles. The third-order valence-electron chi connectivity index (χ3n) is 7.02. The molecule has 0 saturated carbocycles. The number of amides is 1. The Morgan fingerprint density at radius 3 is 2.61 bits per heavy atom. The van der Waals surface area contributed by atoms with Gasteiger partial charge in [0.25, 0.3) is 0 Å². The summed E-state index contributed by atoms with van der Waals surface area (Å²) in [6.45, 7) is 7.86. The van der Waals surface area contributed by atoms with Gasteiger partial charge in [0.1, 0.15) is 5.82 Å². The summed E-state index contributed by atoms with van der Waals surface area (Å²) in [5.41, 5.74) is 6.80. The number of benzene rings is 1. The minimum atomic E-state index is 0.0902. The fourth-order valence-corrected chi connectivity index (χ4v) is 5.27. The van der Waals surface area contributed by atoms with Gasteiger partial charge >= 0.3 is 0 Å². The maximum absolute atomic E-state index is 12.5. The fraction of sp³-hybridized carbons (Fsp3) is 0.462. The van der Waals surface area contributed by atoms with Crippen LogP contribution in [-0.4, -0.2) is 44.8 Å². The van der Waals surface area contributed by atoms with Crippen LogP contribution in [0.2, 0.25) is 0 Å². The first-order chi connectivity index (χ1) is 16.0. The Labute approximate surface area is 195 Å². The number of anilines is 1. The molecule has 1 fully saturated rings. The van der Waals surface area contributed by atoms with E-state index in [1.807, 2.05) is 30.4 Å². The van der Waals surface area contributed by atoms with Gasteiger partial charge in [-0.2, -0.15) is 5.10 Å². The zero-order valence-electron chi connectivity index (χ0n) is 19.7. The van der Waals surface area contributed by atoms with E-state index in [1.54, 1.807) is 6.92 Å². The Bertz CT molecular complexity index is 1150. The molecule has 0 radical (unpaired) electrons. The standard InChI is InChI=1S/C26H32N6O/c1-17-13-28-26(29-14-17)12-24-22(20-15-30-31(16-20)21-8-10-27-11-9-21)6-7-25-23(24)5-4-18(2)32(25)19(3)33/h6-7,13-16,18,21,27H,4-5,8-12H2,1-3H3/t18-/m0/s1. The van der Waals surface area contributed by atoms with Crippen molar-refractivity contribution >= 4 is 11.6 Å². The zero-order chi connectivity index (χ0) is 22.9. The van der Waals surface area contributed by atoms with Gasteiger partial charge in [-0.1, -0.05) is 6.07 Å². The quantitative estimate of drug-likeness (QED) is 0.662. The van der Waals surface area contributed by atoms with Crippen molar-refractivity contribution in [2.75, 3.05) is 18.0 Å². The molecule has 0 bridgehead atoms. The van der Waals surface area contributed by atoms with Gasteiger partial charge in [0.15, 0.2) is 0 Å². The van der Waals surface area contributed by atoms with Gasteiger partial charge in [-0.3, -0.25) is 9.48 Å². The second-order valence-corrected chi connectivity index (χ2v) is 9.41. The normalized spacial score (nSPS) is 18.9. The molecule has 4 heterocycles. The van der Waals surface area contributed by atoms with Crippen LogP contribution in [0.4, 0.5) is 5.69 Å². The lowest BCUT2D eigenvalue weighted by Gasteiger charge is -2.36. The molecule has 1 aromatic carbocycles. The van der Waals surface area contributed by atoms with Crippen LogP contribution < -0.4 is 10.2 Å². The average molecular weight is 445 g/mol. The number of hydrogen-bond donors (Lipinski definition) is 1. The van der Waals surface area contributed by atoms with E-state index in [2.05, 4.69) is 45.2 Å². The molecule has 33 heavy (non-hydrogen) atoms. The minimum Gasteiger partial charge on any atom is -0.317 e. The van der Waals surface area contributed by atoms with Gasteiger partial charge in [0.2, 0.25) is 5.91 Å². The van der Waals surface area contributed by atoms with Crippen molar-refractivity contribution in [3.8, 4) is 11.1 Å². The van der Waals surface area contributed by atoms with E-state index in [9.17, 15) is 4.79 Å². The number of piperidine rings is 1. The molecule has 5 rings (SSSR count). The van der Waals surface area contributed by atoms with Crippen molar-refractivity contribution < 1.29 is 4.79 Å². The van der Waals surface area contributed by atoms with Crippen molar-refractivity contribution in [2.24, 2.45) is 0 Å². The first-order valence-corrected chi connectivity index (χ1v) is 12.0. The summed E-state index contributed by atoms with van der Waals surface area (Å²) in [7, 11) is 0. The number of hydrogen-bond acceptors (Lipinski definition) is 5. The van der Waals surface area contributed by atoms with E-state index in [-0.39, 0.29) is 11.9 Å². The largest absolute Gasteiger partial charge is 0.317 e. The van der Waals surface area contributed by atoms with E-state index in [4.69, 9.17) is 5.10 Å². The number of aromatic nitrogens is 4. The van der Waals surface area contributed by atoms with Gasteiger partial charge in [0.05, 0.1) is 12.2 Å². The first kappa shape index (κ1) is 21.8. The Morgan fingerprint density at radius 1 is 1.12 bits per heavy atom. The zero-order valence-corrected chi connectivity index (χ0v) is 19.7. The summed E-state index contributed by atoms with van der Waals surface area (Å²) in [5, 5.41) is 8.16. The molecule has 7 heteroatoms. The maximum Gasteiger partial charge on any atom is 0.224 e. The van der Waals surface area contributed by atoms with Crippen molar-refractivity contribution in [3.63, 3.8) is 0 Å². The number of aryl methyl sites for hydroxylation is 1. The lowest BCUT2D eigenvalue weighted by Crippen LogP contribution is -2.41. The fourth-order valence-electron chi connectivity index (χ4n) is 5.27. The van der Waals surface area contributed by atoms with Gasteiger partial charge in [-0.25, -0.2) is 9.97 Å². The van der Waals surface area contributed by atoms with Gasteiger partial charge in [-0.05, 0) is 80.9 Å². The molecule has 2 aromatic heterocycles. The van der Waals surface area contributed by atoms with Crippen LogP contribution in [0.3, 0.4) is 0 Å². The molecule has 1 amide bonds. The van der Waals surface area contributed by atoms with Crippen LogP contribution in [0.25, 0.3) is 11.1 Å². The summed E-state index contributed by atoms with van der Waals surface area (Å²) in [4.78, 5) is 23.6. The molecule has 1 atom stereocenters. The summed E-state index contributed by atoms with van der Waals surface area (Å²) in [5.74, 6) is 0.890. The highest BCUT2D eigenvalue weighted by Gasteiger charge is 2.29. The predicted octanol–water partition coefficient (Wildman–Crippen LogP) is 3.85. The Morgan fingerprint density at radius 2 is 1.88 bits per heavy atom. The summed E-state index contributed by atoms with van der Waals surface area (Å²) in [6, 6.07) is 4.91. The molecule has 7 nitrogen and oxygen atoms in total. The number of nitrogens with zero attached hydrogens (tertiary/aromatic N) is 5. The van der Waals surface area contributed by atoms with Crippen LogP contribution in [0.5, 0.6) is 0 Å². The van der Waals surface area contributed by atoms with E-state index in [1.165, 1.54) is 11.1 Å². The number of nitrogens with one attached hydrogen (secondary N) is 1. The highest BCUT2D eigenvalue weighted by atomic mass is 16.2. The average Bonchev–Trinajstić information content (AvgIpc) is 3.31. The highest BCUT2D eigenvalue weighted by molar-refractivity contribution is 5.94. The summed E-state index contributed by atoms with van der Waals surface area (Å²) < 4.78 is 2.13. The SMILES string of the molecule is CC(=O)N1c2ccc(-c3cnn(C4CCNCC4)c3)c(Cc3ncc(C)cn3)c2CC[C@@H]1C. The number of carbonyl (C=O) groups is 1. The van der Waals surface area contributed by atoms with Gasteiger partial charge in [-0.15, -0.1) is 0 Å². The molecule has 3 aromatic rings. The summed E-state index contributed by atoms with van der Waals surface area (Å²) >= 11 is 0. The molecule has 0 unspecified atom stereocenters. The molecule has 2 aliphatic rings. The van der Waals surface area contributed by atoms with Crippen LogP contribution in [-0.2, 0) is 17.6 Å². The maximum atomic E-state index is 12.5. The third kappa shape index (κ3) is 4.29. The molecular weight excluding hydrogens is 412 g/mol. The number of carbonyl (C=O) groups excluding carboxylic acids is 1. The lowest BCUT2D eigenvalue weighted by atomic mass is 9.86. The highest BCUT2D eigenvalue weighted by Crippen LogP contribution is 2.39. The topological polar surface area (TPSA) is 75.9 Å². The molecule has 2 aliphatic heterocycles. The van der Waals surface area contributed by atoms with Crippen LogP contribution in [0.15, 0.2) is 36.9 Å². The van der Waals surface area contributed by atoms with E-state index in [0.717, 1.165) is 67.0 Å². The molecule has 1 N–H and O–H groups in total. The van der Waals surface area contributed by atoms with Crippen molar-refractivity contribution in [1.29, 1.82) is 0 Å². The van der Waals surface area contributed by atoms with E-state index >= 15 is 0 Å². The Balaban J connectivity index is 1.59. The van der Waals surface area contributed by atoms with Crippen LogP contribution >= 0.6 is 0 Å². The van der Waals surface area contributed by atoms with Crippen molar-refractivity contribution in [2.45, 2.75) is 65.0 Å². The van der Waals surface area contributed by atoms with Crippen molar-refractivity contribution in [1.82, 2.24) is 25.1 Å². The first-order valence-electron chi connectivity index (χ1n) is 12.0. The molecule has 1 saturated heterocycles. The van der Waals surface area contributed by atoms with Gasteiger partial charge < -0.3 is 10.2 Å². The Hall–Kier alpha value is -3.06. The number of fused-ring (bicyclic) bond motifs is 1. The van der Waals surface area contributed by atoms with Crippen LogP contribution in [0.1, 0.15) is 61.7 Å². The smallest absolute Gasteiger partial charge is 0.224 e. The van der Waals surface area contributed by atoms with Gasteiger partial charge in [0, 0.05) is 49.2 Å². The predicted molar refractivity (Wildman–Crippen MR) is 129 cm³/mol. The minimum absolute atomic E-state index is 0.0902. The number of rotatable bonds is 4. The monoisotopic (exact) mass is 444 g/mol. The third-order valence-corrected chi connectivity index (χ3v) is 7.02. The van der Waals surface area contributed by atoms with E-state index < -0.39 is 0 Å². The Kier molecular flexibility index (Phi) is 5.98. The van der Waals surface area contributed by atoms with E-state index in [0.29, 0.717) is 12.5 Å². The van der Waals surface area contributed by atoms with Crippen molar-refractivity contribution in [3.05, 3.63) is 59.4 Å².